The van der Waals surface area contributed by atoms with Crippen LogP contribution in [0.15, 0.2) is 78.0 Å². The van der Waals surface area contributed by atoms with Gasteiger partial charge in [0.15, 0.2) is 0 Å². The first-order chi connectivity index (χ1) is 15.2. The molecule has 0 spiro atoms. The number of aromatic nitrogens is 3. The van der Waals surface area contributed by atoms with Crippen LogP contribution in [0.5, 0.6) is 5.75 Å². The van der Waals surface area contributed by atoms with E-state index in [9.17, 15) is 4.79 Å². The number of rotatable bonds is 9. The van der Waals surface area contributed by atoms with Gasteiger partial charge in [-0.1, -0.05) is 6.07 Å². The van der Waals surface area contributed by atoms with E-state index in [4.69, 9.17) is 4.74 Å². The molecule has 3 heterocycles. The largest absolute Gasteiger partial charge is 0.494 e. The summed E-state index contributed by atoms with van der Waals surface area (Å²) in [6, 6.07) is 17.4. The molecule has 0 aliphatic heterocycles. The molecule has 6 nitrogen and oxygen atoms in total. The summed E-state index contributed by atoms with van der Waals surface area (Å²) in [6.07, 6.45) is 7.16. The lowest BCUT2D eigenvalue weighted by Crippen LogP contribution is -2.18. The Balaban J connectivity index is 1.24. The second-order valence-electron chi connectivity index (χ2n) is 7.47. The van der Waals surface area contributed by atoms with Gasteiger partial charge in [-0.05, 0) is 66.6 Å². The van der Waals surface area contributed by atoms with Gasteiger partial charge in [0.25, 0.3) is 5.56 Å². The van der Waals surface area contributed by atoms with Gasteiger partial charge in [-0.15, -0.1) is 0 Å². The highest BCUT2D eigenvalue weighted by atomic mass is 16.5. The molecule has 1 aromatic carbocycles. The Bertz CT molecular complexity index is 1210. The van der Waals surface area contributed by atoms with Crippen LogP contribution in [0.1, 0.15) is 23.2 Å². The van der Waals surface area contributed by atoms with Gasteiger partial charge in [0.2, 0.25) is 0 Å². The topological polar surface area (TPSA) is 69.0 Å². The smallest absolute Gasteiger partial charge is 0.250 e. The lowest BCUT2D eigenvalue weighted by atomic mass is 10.1. The van der Waals surface area contributed by atoms with Gasteiger partial charge in [0.1, 0.15) is 5.75 Å². The van der Waals surface area contributed by atoms with Crippen molar-refractivity contribution in [3.05, 3.63) is 100 Å². The molecule has 0 atom stereocenters. The molecule has 0 fully saturated rings. The first-order valence-corrected chi connectivity index (χ1v) is 10.5. The molecule has 31 heavy (non-hydrogen) atoms. The lowest BCUT2D eigenvalue weighted by molar-refractivity contribution is 0.308. The zero-order valence-electron chi connectivity index (χ0n) is 17.6. The van der Waals surface area contributed by atoms with Crippen molar-refractivity contribution in [3.63, 3.8) is 0 Å². The normalized spacial score (nSPS) is 11.0. The summed E-state index contributed by atoms with van der Waals surface area (Å²) in [7, 11) is 1.78. The van der Waals surface area contributed by atoms with Crippen molar-refractivity contribution in [1.29, 1.82) is 0 Å². The van der Waals surface area contributed by atoms with Gasteiger partial charge in [-0.25, -0.2) is 0 Å². The summed E-state index contributed by atoms with van der Waals surface area (Å²) < 4.78 is 7.54. The van der Waals surface area contributed by atoms with Gasteiger partial charge in [-0.3, -0.25) is 14.8 Å². The Morgan fingerprint density at radius 2 is 1.90 bits per heavy atom. The monoisotopic (exact) mass is 414 g/mol. The number of aryl methyl sites for hydroxylation is 1. The summed E-state index contributed by atoms with van der Waals surface area (Å²) >= 11 is 0. The van der Waals surface area contributed by atoms with Crippen molar-refractivity contribution < 1.29 is 4.74 Å². The van der Waals surface area contributed by atoms with E-state index in [0.717, 1.165) is 48.3 Å². The van der Waals surface area contributed by atoms with Crippen LogP contribution < -0.4 is 15.6 Å². The number of fused-ring (bicyclic) bond motifs is 1. The predicted octanol–water partition coefficient (Wildman–Crippen LogP) is 3.48. The molecule has 4 aromatic rings. The van der Waals surface area contributed by atoms with Crippen molar-refractivity contribution in [2.45, 2.75) is 19.4 Å². The van der Waals surface area contributed by atoms with Crippen LogP contribution >= 0.6 is 0 Å². The highest BCUT2D eigenvalue weighted by Gasteiger charge is 2.05. The quantitative estimate of drug-likeness (QED) is 0.425. The third kappa shape index (κ3) is 5.35. The minimum atomic E-state index is -0.00945. The SMILES string of the molecule is Cn1c(=O)ccc2cc(OCCCNCc3cccnc3Cc3ccncc3)ccc21. The molecule has 1 N–H and O–H groups in total. The number of hydrogen-bond donors (Lipinski definition) is 1. The van der Waals surface area contributed by atoms with Crippen LogP contribution in [0.2, 0.25) is 0 Å². The fraction of sp³-hybridized carbons (Fsp3) is 0.240. The van der Waals surface area contributed by atoms with Gasteiger partial charge in [0, 0.05) is 55.8 Å². The molecular weight excluding hydrogens is 388 g/mol. The summed E-state index contributed by atoms with van der Waals surface area (Å²) in [5.74, 6) is 0.818. The number of pyridine rings is 3. The van der Waals surface area contributed by atoms with Crippen LogP contribution in [0, 0.1) is 0 Å². The van der Waals surface area contributed by atoms with E-state index in [1.807, 2.05) is 61.1 Å². The lowest BCUT2D eigenvalue weighted by Gasteiger charge is -2.11. The maximum absolute atomic E-state index is 11.7. The molecule has 0 aliphatic rings. The third-order valence-corrected chi connectivity index (χ3v) is 5.28. The number of nitrogens with zero attached hydrogens (tertiary/aromatic N) is 3. The maximum atomic E-state index is 11.7. The van der Waals surface area contributed by atoms with Crippen molar-refractivity contribution in [1.82, 2.24) is 19.9 Å². The molecule has 0 aliphatic carbocycles. The van der Waals surface area contributed by atoms with Crippen molar-refractivity contribution in [2.75, 3.05) is 13.2 Å². The number of ether oxygens (including phenoxy) is 1. The van der Waals surface area contributed by atoms with E-state index in [-0.39, 0.29) is 5.56 Å². The molecule has 0 radical (unpaired) electrons. The summed E-state index contributed by atoms with van der Waals surface area (Å²) in [6.45, 7) is 2.26. The summed E-state index contributed by atoms with van der Waals surface area (Å²) in [4.78, 5) is 20.4. The Labute approximate surface area is 181 Å². The van der Waals surface area contributed by atoms with Crippen LogP contribution in [0.3, 0.4) is 0 Å². The van der Waals surface area contributed by atoms with Crippen molar-refractivity contribution >= 4 is 10.9 Å². The number of hydrogen-bond acceptors (Lipinski definition) is 5. The molecule has 3 aromatic heterocycles. The molecule has 0 saturated heterocycles. The molecule has 0 amide bonds. The molecular formula is C25H26N4O2. The Kier molecular flexibility index (Phi) is 6.69. The van der Waals surface area contributed by atoms with E-state index < -0.39 is 0 Å². The minimum Gasteiger partial charge on any atom is -0.494 e. The third-order valence-electron chi connectivity index (χ3n) is 5.28. The molecule has 158 valence electrons. The Morgan fingerprint density at radius 3 is 2.77 bits per heavy atom. The minimum absolute atomic E-state index is 0.00945. The maximum Gasteiger partial charge on any atom is 0.250 e. The summed E-state index contributed by atoms with van der Waals surface area (Å²) in [5, 5.41) is 4.48. The highest BCUT2D eigenvalue weighted by Crippen LogP contribution is 2.19. The van der Waals surface area contributed by atoms with Crippen LogP contribution in [-0.4, -0.2) is 27.7 Å². The second kappa shape index (κ2) is 10.00. The Hall–Kier alpha value is -3.51. The van der Waals surface area contributed by atoms with E-state index in [1.165, 1.54) is 11.1 Å². The first kappa shape index (κ1) is 20.8. The van der Waals surface area contributed by atoms with Gasteiger partial charge < -0.3 is 14.6 Å². The zero-order valence-corrected chi connectivity index (χ0v) is 17.6. The molecule has 0 saturated carbocycles. The number of benzene rings is 1. The van der Waals surface area contributed by atoms with Gasteiger partial charge in [-0.2, -0.15) is 0 Å². The van der Waals surface area contributed by atoms with Crippen molar-refractivity contribution in [3.8, 4) is 5.75 Å². The first-order valence-electron chi connectivity index (χ1n) is 10.5. The zero-order chi connectivity index (χ0) is 21.5. The number of nitrogens with one attached hydrogen (secondary N) is 1. The Morgan fingerprint density at radius 1 is 1.03 bits per heavy atom. The highest BCUT2D eigenvalue weighted by molar-refractivity contribution is 5.80. The van der Waals surface area contributed by atoms with Crippen molar-refractivity contribution in [2.24, 2.45) is 7.05 Å². The average molecular weight is 415 g/mol. The van der Waals surface area contributed by atoms with E-state index in [0.29, 0.717) is 6.61 Å². The van der Waals surface area contributed by atoms with Crippen LogP contribution in [-0.2, 0) is 20.0 Å². The molecule has 6 heteroatoms. The van der Waals surface area contributed by atoms with Gasteiger partial charge in [0.05, 0.1) is 12.1 Å². The molecule has 0 bridgehead atoms. The predicted molar refractivity (Wildman–Crippen MR) is 122 cm³/mol. The standard InChI is InChI=1S/C25H26N4O2/c1-29-24-7-6-22(17-20(24)5-8-25(29)30)31-15-3-11-27-18-21-4-2-12-28-23(21)16-19-9-13-26-14-10-19/h2,4-10,12-14,17,27H,3,11,15-16,18H2,1H3. The fourth-order valence-electron chi connectivity index (χ4n) is 3.55. The average Bonchev–Trinajstić information content (AvgIpc) is 2.80. The molecule has 4 rings (SSSR count). The van der Waals surface area contributed by atoms with E-state index in [1.54, 1.807) is 17.7 Å². The van der Waals surface area contributed by atoms with E-state index >= 15 is 0 Å². The van der Waals surface area contributed by atoms with Crippen LogP contribution in [0.25, 0.3) is 10.9 Å². The second-order valence-corrected chi connectivity index (χ2v) is 7.47. The summed E-state index contributed by atoms with van der Waals surface area (Å²) in [5.41, 5.74) is 4.40. The van der Waals surface area contributed by atoms with E-state index in [2.05, 4.69) is 21.4 Å². The van der Waals surface area contributed by atoms with Gasteiger partial charge >= 0.3 is 0 Å². The fourth-order valence-corrected chi connectivity index (χ4v) is 3.55. The van der Waals surface area contributed by atoms with Crippen LogP contribution in [0.4, 0.5) is 0 Å². The molecule has 0 unspecified atom stereocenters.